The van der Waals surface area contributed by atoms with Crippen molar-refractivity contribution in [2.45, 2.75) is 12.6 Å². The Kier molecular flexibility index (Phi) is 5.97. The van der Waals surface area contributed by atoms with Gasteiger partial charge in [0.1, 0.15) is 11.9 Å². The average molecular weight is 457 g/mol. The number of carbonyl (C=O) groups is 1. The molecule has 1 aliphatic rings. The van der Waals surface area contributed by atoms with Gasteiger partial charge in [0.15, 0.2) is 0 Å². The molecular formula is C26H24N4O4. The summed E-state index contributed by atoms with van der Waals surface area (Å²) < 4.78 is 6.35. The van der Waals surface area contributed by atoms with Crippen LogP contribution < -0.4 is 21.2 Å². The van der Waals surface area contributed by atoms with E-state index in [4.69, 9.17) is 4.74 Å². The summed E-state index contributed by atoms with van der Waals surface area (Å²) >= 11 is 0. The lowest BCUT2D eigenvalue weighted by Crippen LogP contribution is -2.36. The van der Waals surface area contributed by atoms with E-state index in [0.717, 1.165) is 23.4 Å². The summed E-state index contributed by atoms with van der Waals surface area (Å²) in [6, 6.07) is 23.0. The summed E-state index contributed by atoms with van der Waals surface area (Å²) in [4.78, 5) is 43.0. The Hall–Kier alpha value is -4.17. The van der Waals surface area contributed by atoms with Crippen LogP contribution in [0.4, 0.5) is 0 Å². The van der Waals surface area contributed by atoms with Gasteiger partial charge in [0.05, 0.1) is 11.0 Å². The second-order valence-corrected chi connectivity index (χ2v) is 8.28. The molecule has 0 aliphatic carbocycles. The molecule has 0 fully saturated rings. The molecule has 4 aromatic rings. The van der Waals surface area contributed by atoms with Crippen LogP contribution in [0.5, 0.6) is 5.75 Å². The van der Waals surface area contributed by atoms with Crippen molar-refractivity contribution in [2.24, 2.45) is 0 Å². The van der Waals surface area contributed by atoms with E-state index in [9.17, 15) is 14.4 Å². The average Bonchev–Trinajstić information content (AvgIpc) is 3.04. The third kappa shape index (κ3) is 4.62. The molecule has 0 bridgehead atoms. The number of amides is 1. The Bertz CT molecular complexity index is 1440. The van der Waals surface area contributed by atoms with Gasteiger partial charge in [-0.05, 0) is 29.8 Å². The molecule has 0 saturated carbocycles. The van der Waals surface area contributed by atoms with E-state index in [0.29, 0.717) is 36.2 Å². The van der Waals surface area contributed by atoms with Gasteiger partial charge in [0.2, 0.25) is 0 Å². The van der Waals surface area contributed by atoms with Crippen LogP contribution in [0.15, 0.2) is 82.4 Å². The van der Waals surface area contributed by atoms with Crippen LogP contribution in [0.1, 0.15) is 27.6 Å². The highest BCUT2D eigenvalue weighted by atomic mass is 16.5. The lowest BCUT2D eigenvalue weighted by Gasteiger charge is -2.24. The summed E-state index contributed by atoms with van der Waals surface area (Å²) in [6.07, 6.45) is -0.111. The Morgan fingerprint density at radius 3 is 2.50 bits per heavy atom. The molecule has 3 N–H and O–H groups in total. The molecule has 2 heterocycles. The molecular weight excluding hydrogens is 432 g/mol. The molecule has 0 radical (unpaired) electrons. The van der Waals surface area contributed by atoms with Crippen molar-refractivity contribution < 1.29 is 9.53 Å². The summed E-state index contributed by atoms with van der Waals surface area (Å²) in [5, 5.41) is 2.95. The Balaban J connectivity index is 1.28. The van der Waals surface area contributed by atoms with Crippen molar-refractivity contribution in [3.63, 3.8) is 0 Å². The van der Waals surface area contributed by atoms with Crippen molar-refractivity contribution in [3.8, 4) is 5.75 Å². The highest BCUT2D eigenvalue weighted by Crippen LogP contribution is 2.30. The van der Waals surface area contributed by atoms with E-state index in [1.165, 1.54) is 0 Å². The summed E-state index contributed by atoms with van der Waals surface area (Å²) in [5.74, 6) is 0.631. The second kappa shape index (κ2) is 9.36. The smallest absolute Gasteiger partial charge is 0.314 e. The van der Waals surface area contributed by atoms with Crippen molar-refractivity contribution in [3.05, 3.63) is 110 Å². The zero-order valence-corrected chi connectivity index (χ0v) is 18.4. The fraction of sp³-hybridized carbons (Fsp3) is 0.192. The molecule has 1 aliphatic heterocycles. The van der Waals surface area contributed by atoms with E-state index in [1.54, 1.807) is 18.2 Å². The molecule has 1 aromatic heterocycles. The predicted octanol–water partition coefficient (Wildman–Crippen LogP) is 2.58. The highest BCUT2D eigenvalue weighted by Gasteiger charge is 2.24. The maximum absolute atomic E-state index is 12.7. The first-order chi connectivity index (χ1) is 16.6. The molecule has 0 saturated heterocycles. The van der Waals surface area contributed by atoms with E-state index in [1.807, 2.05) is 36.4 Å². The van der Waals surface area contributed by atoms with Crippen molar-refractivity contribution >= 4 is 16.9 Å². The van der Waals surface area contributed by atoms with Crippen LogP contribution in [0.25, 0.3) is 11.0 Å². The summed E-state index contributed by atoms with van der Waals surface area (Å²) in [5.41, 5.74) is 2.03. The number of H-pyrrole nitrogens is 2. The minimum atomic E-state index is -0.748. The van der Waals surface area contributed by atoms with Crippen LogP contribution in [0.2, 0.25) is 0 Å². The number of fused-ring (bicyclic) bond motifs is 2. The van der Waals surface area contributed by atoms with E-state index in [-0.39, 0.29) is 12.0 Å². The Morgan fingerprint density at radius 1 is 0.941 bits per heavy atom. The van der Waals surface area contributed by atoms with Crippen molar-refractivity contribution in [1.29, 1.82) is 0 Å². The van der Waals surface area contributed by atoms with Gasteiger partial charge in [-0.1, -0.05) is 48.5 Å². The van der Waals surface area contributed by atoms with Crippen LogP contribution in [0, 0.1) is 0 Å². The predicted molar refractivity (Wildman–Crippen MR) is 129 cm³/mol. The summed E-state index contributed by atoms with van der Waals surface area (Å²) in [6.45, 7) is 2.51. The molecule has 3 aromatic carbocycles. The molecule has 5 rings (SSSR count). The van der Waals surface area contributed by atoms with Crippen molar-refractivity contribution in [1.82, 2.24) is 20.2 Å². The number of aromatic amines is 2. The number of para-hydroxylation sites is 1. The van der Waals surface area contributed by atoms with E-state index >= 15 is 0 Å². The number of benzene rings is 3. The van der Waals surface area contributed by atoms with Crippen LogP contribution >= 0.6 is 0 Å². The quantitative estimate of drug-likeness (QED) is 0.400. The van der Waals surface area contributed by atoms with E-state index in [2.05, 4.69) is 38.4 Å². The molecule has 0 spiro atoms. The first-order valence-corrected chi connectivity index (χ1v) is 11.1. The SMILES string of the molecule is O=C(NCCN1Cc2ccccc2OC(c2ccccc2)C1)c1ccc2[nH]c(=O)c(=O)[nH]c2c1. The van der Waals surface area contributed by atoms with Gasteiger partial charge < -0.3 is 20.0 Å². The monoisotopic (exact) mass is 456 g/mol. The molecule has 1 unspecified atom stereocenters. The largest absolute Gasteiger partial charge is 0.484 e. The Labute approximate surface area is 195 Å². The standard InChI is InChI=1S/C26H24N4O4/c31-24(18-10-11-20-21(14-18)29-26(33)25(32)28-20)27-12-13-30-15-19-8-4-5-9-22(19)34-23(16-30)17-6-2-1-3-7-17/h1-11,14,23H,12-13,15-16H2,(H,27,31)(H,28,32)(H,29,33). The first kappa shape index (κ1) is 21.7. The van der Waals surface area contributed by atoms with Gasteiger partial charge in [-0.15, -0.1) is 0 Å². The third-order valence-electron chi connectivity index (χ3n) is 5.93. The Morgan fingerprint density at radius 2 is 1.68 bits per heavy atom. The van der Waals surface area contributed by atoms with Gasteiger partial charge in [-0.2, -0.15) is 0 Å². The number of hydrogen-bond acceptors (Lipinski definition) is 5. The molecule has 8 heteroatoms. The maximum atomic E-state index is 12.7. The minimum absolute atomic E-state index is 0.111. The fourth-order valence-corrected chi connectivity index (χ4v) is 4.18. The second-order valence-electron chi connectivity index (χ2n) is 8.28. The highest BCUT2D eigenvalue weighted by molar-refractivity contribution is 5.97. The van der Waals surface area contributed by atoms with Crippen LogP contribution in [0.3, 0.4) is 0 Å². The zero-order chi connectivity index (χ0) is 23.5. The van der Waals surface area contributed by atoms with Gasteiger partial charge in [-0.3, -0.25) is 19.3 Å². The number of hydrogen-bond donors (Lipinski definition) is 3. The maximum Gasteiger partial charge on any atom is 0.314 e. The van der Waals surface area contributed by atoms with E-state index < -0.39 is 11.1 Å². The lowest BCUT2D eigenvalue weighted by molar-refractivity contribution is 0.0943. The number of nitrogens with one attached hydrogen (secondary N) is 3. The topological polar surface area (TPSA) is 107 Å². The molecule has 1 atom stereocenters. The number of carbonyl (C=O) groups excluding carboxylic acids is 1. The normalized spacial score (nSPS) is 15.8. The minimum Gasteiger partial charge on any atom is -0.484 e. The van der Waals surface area contributed by atoms with Gasteiger partial charge in [-0.25, -0.2) is 0 Å². The van der Waals surface area contributed by atoms with Gasteiger partial charge in [0, 0.05) is 37.3 Å². The van der Waals surface area contributed by atoms with Crippen LogP contribution in [-0.4, -0.2) is 40.4 Å². The number of ether oxygens (including phenoxy) is 1. The number of nitrogens with zero attached hydrogens (tertiary/aromatic N) is 1. The van der Waals surface area contributed by atoms with Crippen LogP contribution in [-0.2, 0) is 6.54 Å². The summed E-state index contributed by atoms with van der Waals surface area (Å²) in [7, 11) is 0. The molecule has 34 heavy (non-hydrogen) atoms. The lowest BCUT2D eigenvalue weighted by atomic mass is 10.1. The van der Waals surface area contributed by atoms with Gasteiger partial charge >= 0.3 is 11.1 Å². The van der Waals surface area contributed by atoms with Gasteiger partial charge in [0.25, 0.3) is 5.91 Å². The first-order valence-electron chi connectivity index (χ1n) is 11.1. The van der Waals surface area contributed by atoms with Crippen molar-refractivity contribution in [2.75, 3.05) is 19.6 Å². The third-order valence-corrected chi connectivity index (χ3v) is 5.93. The molecule has 8 nitrogen and oxygen atoms in total. The number of rotatable bonds is 5. The number of aromatic nitrogens is 2. The molecule has 1 amide bonds. The fourth-order valence-electron chi connectivity index (χ4n) is 4.18. The zero-order valence-electron chi connectivity index (χ0n) is 18.4. The molecule has 172 valence electrons.